The van der Waals surface area contributed by atoms with Crippen LogP contribution in [0.3, 0.4) is 0 Å². The van der Waals surface area contributed by atoms with Crippen LogP contribution in [0.25, 0.3) is 5.69 Å². The van der Waals surface area contributed by atoms with Crippen molar-refractivity contribution in [3.63, 3.8) is 0 Å². The number of carbonyl (C=O) groups is 1. The minimum atomic E-state index is -0.0185. The third-order valence-electron chi connectivity index (χ3n) is 4.76. The normalized spacial score (nSPS) is 12.0. The number of pyridine rings is 1. The highest BCUT2D eigenvalue weighted by Crippen LogP contribution is 2.20. The third-order valence-corrected chi connectivity index (χ3v) is 4.98. The van der Waals surface area contributed by atoms with Crippen LogP contribution in [0.15, 0.2) is 48.9 Å². The van der Waals surface area contributed by atoms with Gasteiger partial charge in [0.05, 0.1) is 28.7 Å². The van der Waals surface area contributed by atoms with E-state index in [9.17, 15) is 4.79 Å². The van der Waals surface area contributed by atoms with Gasteiger partial charge in [-0.25, -0.2) is 0 Å². The first-order valence-corrected chi connectivity index (χ1v) is 9.76. The fourth-order valence-corrected chi connectivity index (χ4v) is 3.32. The lowest BCUT2D eigenvalue weighted by atomic mass is 10.0. The second-order valence-electron chi connectivity index (χ2n) is 6.79. The van der Waals surface area contributed by atoms with Crippen molar-refractivity contribution >= 4 is 17.5 Å². The molecule has 0 fully saturated rings. The molecule has 0 radical (unpaired) electrons. The SMILES string of the molecule is CCN(C(=O)c1cc(C)ccc1-n1nccn1)[C@@H](C)CCc1ccc(Cl)cn1. The highest BCUT2D eigenvalue weighted by Gasteiger charge is 2.23. The summed E-state index contributed by atoms with van der Waals surface area (Å²) >= 11 is 5.90. The molecule has 0 bridgehead atoms. The molecule has 7 heteroatoms. The molecule has 0 N–H and O–H groups in total. The van der Waals surface area contributed by atoms with Crippen molar-refractivity contribution in [2.45, 2.75) is 39.7 Å². The van der Waals surface area contributed by atoms with Crippen LogP contribution in [-0.2, 0) is 6.42 Å². The van der Waals surface area contributed by atoms with Crippen LogP contribution in [-0.4, -0.2) is 43.4 Å². The summed E-state index contributed by atoms with van der Waals surface area (Å²) < 4.78 is 0. The van der Waals surface area contributed by atoms with Crippen LogP contribution in [0.4, 0.5) is 0 Å². The molecule has 6 nitrogen and oxygen atoms in total. The van der Waals surface area contributed by atoms with E-state index < -0.39 is 0 Å². The standard InChI is InChI=1S/C21H24ClN5O/c1-4-26(16(3)6-8-18-9-7-17(22)14-23-18)21(28)19-13-15(2)5-10-20(19)27-24-11-12-25-27/h5,7,9-14,16H,4,6,8H2,1-3H3/t16-/m0/s1. The Balaban J connectivity index is 1.79. The highest BCUT2D eigenvalue weighted by molar-refractivity contribution is 6.30. The molecule has 3 aromatic rings. The number of halogens is 1. The molecule has 1 atom stereocenters. The molecule has 146 valence electrons. The number of aryl methyl sites for hydroxylation is 2. The van der Waals surface area contributed by atoms with E-state index in [0.717, 1.165) is 24.1 Å². The first-order chi connectivity index (χ1) is 13.5. The molecular weight excluding hydrogens is 374 g/mol. The van der Waals surface area contributed by atoms with Crippen LogP contribution >= 0.6 is 11.6 Å². The van der Waals surface area contributed by atoms with Gasteiger partial charge in [-0.1, -0.05) is 23.2 Å². The third kappa shape index (κ3) is 4.57. The number of aromatic nitrogens is 4. The van der Waals surface area contributed by atoms with Gasteiger partial charge in [0, 0.05) is 24.5 Å². The maximum atomic E-state index is 13.4. The van der Waals surface area contributed by atoms with Crippen molar-refractivity contribution in [1.29, 1.82) is 0 Å². The van der Waals surface area contributed by atoms with E-state index in [0.29, 0.717) is 22.8 Å². The summed E-state index contributed by atoms with van der Waals surface area (Å²) in [6.45, 7) is 6.66. The first kappa shape index (κ1) is 20.0. The van der Waals surface area contributed by atoms with Crippen molar-refractivity contribution in [2.75, 3.05) is 6.54 Å². The number of rotatable bonds is 7. The number of hydrogen-bond acceptors (Lipinski definition) is 4. The summed E-state index contributed by atoms with van der Waals surface area (Å²) in [5.74, 6) is -0.0185. The monoisotopic (exact) mass is 397 g/mol. The van der Waals surface area contributed by atoms with E-state index in [1.165, 1.54) is 4.80 Å². The molecule has 2 aromatic heterocycles. The Morgan fingerprint density at radius 2 is 1.96 bits per heavy atom. The molecule has 0 aliphatic carbocycles. The van der Waals surface area contributed by atoms with E-state index in [1.807, 2.05) is 49.1 Å². The summed E-state index contributed by atoms with van der Waals surface area (Å²) in [5, 5.41) is 9.00. The number of hydrogen-bond donors (Lipinski definition) is 0. The molecule has 0 unspecified atom stereocenters. The Morgan fingerprint density at radius 3 is 2.61 bits per heavy atom. The van der Waals surface area contributed by atoms with Gasteiger partial charge in [-0.15, -0.1) is 0 Å². The van der Waals surface area contributed by atoms with Crippen LogP contribution in [0.2, 0.25) is 5.02 Å². The lowest BCUT2D eigenvalue weighted by molar-refractivity contribution is 0.0695. The lowest BCUT2D eigenvalue weighted by Crippen LogP contribution is -2.39. The number of carbonyl (C=O) groups excluding carboxylic acids is 1. The maximum absolute atomic E-state index is 13.4. The first-order valence-electron chi connectivity index (χ1n) is 9.38. The van der Waals surface area contributed by atoms with E-state index in [2.05, 4.69) is 22.1 Å². The average Bonchev–Trinajstić information content (AvgIpc) is 3.22. The molecule has 1 amide bonds. The maximum Gasteiger partial charge on any atom is 0.256 e. The molecule has 0 saturated heterocycles. The van der Waals surface area contributed by atoms with Crippen molar-refractivity contribution in [3.05, 3.63) is 70.8 Å². The molecule has 1 aromatic carbocycles. The van der Waals surface area contributed by atoms with Crippen molar-refractivity contribution < 1.29 is 4.79 Å². The van der Waals surface area contributed by atoms with Crippen LogP contribution in [0.5, 0.6) is 0 Å². The fraction of sp³-hybridized carbons (Fsp3) is 0.333. The van der Waals surface area contributed by atoms with Gasteiger partial charge in [-0.05, 0) is 57.9 Å². The van der Waals surface area contributed by atoms with Gasteiger partial charge in [0.2, 0.25) is 0 Å². The zero-order valence-corrected chi connectivity index (χ0v) is 17.1. The summed E-state index contributed by atoms with van der Waals surface area (Å²) in [7, 11) is 0. The minimum Gasteiger partial charge on any atom is -0.336 e. The van der Waals surface area contributed by atoms with E-state index in [-0.39, 0.29) is 11.9 Å². The van der Waals surface area contributed by atoms with Gasteiger partial charge in [0.15, 0.2) is 0 Å². The average molecular weight is 398 g/mol. The van der Waals surface area contributed by atoms with Gasteiger partial charge in [0.1, 0.15) is 0 Å². The molecule has 0 aliphatic heterocycles. The lowest BCUT2D eigenvalue weighted by Gasteiger charge is -2.29. The molecule has 0 saturated carbocycles. The van der Waals surface area contributed by atoms with Crippen molar-refractivity contribution in [3.8, 4) is 5.69 Å². The number of benzene rings is 1. The summed E-state index contributed by atoms with van der Waals surface area (Å²) in [5.41, 5.74) is 3.28. The van der Waals surface area contributed by atoms with Gasteiger partial charge in [0.25, 0.3) is 5.91 Å². The zero-order valence-electron chi connectivity index (χ0n) is 16.3. The smallest absolute Gasteiger partial charge is 0.256 e. The van der Waals surface area contributed by atoms with Gasteiger partial charge < -0.3 is 4.90 Å². The van der Waals surface area contributed by atoms with Gasteiger partial charge in [-0.3, -0.25) is 9.78 Å². The molecule has 28 heavy (non-hydrogen) atoms. The molecule has 0 aliphatic rings. The van der Waals surface area contributed by atoms with Crippen molar-refractivity contribution in [2.24, 2.45) is 0 Å². The van der Waals surface area contributed by atoms with Gasteiger partial charge in [-0.2, -0.15) is 15.0 Å². The Labute approximate surface area is 170 Å². The second kappa shape index (κ2) is 8.97. The Morgan fingerprint density at radius 1 is 1.21 bits per heavy atom. The van der Waals surface area contributed by atoms with E-state index in [4.69, 9.17) is 11.6 Å². The number of nitrogens with zero attached hydrogens (tertiary/aromatic N) is 5. The van der Waals surface area contributed by atoms with E-state index >= 15 is 0 Å². The molecule has 0 spiro atoms. The summed E-state index contributed by atoms with van der Waals surface area (Å²) in [6.07, 6.45) is 6.46. The fourth-order valence-electron chi connectivity index (χ4n) is 3.21. The molecule has 3 rings (SSSR count). The molecular formula is C21H24ClN5O. The van der Waals surface area contributed by atoms with Gasteiger partial charge >= 0.3 is 0 Å². The second-order valence-corrected chi connectivity index (χ2v) is 7.22. The van der Waals surface area contributed by atoms with Crippen LogP contribution in [0, 0.1) is 6.92 Å². The summed E-state index contributed by atoms with van der Waals surface area (Å²) in [6, 6.07) is 9.58. The molecule has 2 heterocycles. The van der Waals surface area contributed by atoms with Crippen LogP contribution < -0.4 is 0 Å². The predicted molar refractivity (Wildman–Crippen MR) is 110 cm³/mol. The highest BCUT2D eigenvalue weighted by atomic mass is 35.5. The van der Waals surface area contributed by atoms with Crippen LogP contribution in [0.1, 0.15) is 41.9 Å². The largest absolute Gasteiger partial charge is 0.336 e. The predicted octanol–water partition coefficient (Wildman–Crippen LogP) is 4.11. The topological polar surface area (TPSA) is 63.9 Å². The van der Waals surface area contributed by atoms with Crippen molar-refractivity contribution in [1.82, 2.24) is 24.9 Å². The Kier molecular flexibility index (Phi) is 6.41. The van der Waals surface area contributed by atoms with E-state index in [1.54, 1.807) is 18.6 Å². The Hall–Kier alpha value is -2.73. The quantitative estimate of drug-likeness (QED) is 0.601. The Bertz CT molecular complexity index is 924. The number of amides is 1. The zero-order chi connectivity index (χ0) is 20.1. The minimum absolute atomic E-state index is 0.0185. The summed E-state index contributed by atoms with van der Waals surface area (Å²) in [4.78, 5) is 21.1.